The van der Waals surface area contributed by atoms with Gasteiger partial charge in [-0.05, 0) is 50.8 Å². The van der Waals surface area contributed by atoms with Crippen molar-refractivity contribution in [3.63, 3.8) is 0 Å². The summed E-state index contributed by atoms with van der Waals surface area (Å²) < 4.78 is 13.8. The van der Waals surface area contributed by atoms with Crippen LogP contribution in [0.4, 0.5) is 10.1 Å². The minimum Gasteiger partial charge on any atom is -0.391 e. The number of benzene rings is 1. The Labute approximate surface area is 191 Å². The maximum atomic E-state index is 13.8. The summed E-state index contributed by atoms with van der Waals surface area (Å²) in [7, 11) is 0. The zero-order valence-electron chi connectivity index (χ0n) is 20.2. The van der Waals surface area contributed by atoms with Gasteiger partial charge in [-0.2, -0.15) is 0 Å². The smallest absolute Gasteiger partial charge is 0.241 e. The van der Waals surface area contributed by atoms with Crippen LogP contribution >= 0.6 is 0 Å². The summed E-state index contributed by atoms with van der Waals surface area (Å²) in [5, 5.41) is 13.5. The van der Waals surface area contributed by atoms with Crippen LogP contribution in [0.1, 0.15) is 46.6 Å². The van der Waals surface area contributed by atoms with E-state index in [1.807, 2.05) is 39.5 Å². The van der Waals surface area contributed by atoms with Crippen molar-refractivity contribution in [1.82, 2.24) is 10.2 Å². The molecule has 1 aromatic rings. The number of carbonyl (C=O) groups is 2. The molecule has 1 saturated heterocycles. The van der Waals surface area contributed by atoms with Crippen LogP contribution in [0.25, 0.3) is 0 Å². The van der Waals surface area contributed by atoms with Gasteiger partial charge in [-0.25, -0.2) is 4.39 Å². The first-order valence-electron chi connectivity index (χ1n) is 11.3. The van der Waals surface area contributed by atoms with Gasteiger partial charge in [-0.3, -0.25) is 14.5 Å². The lowest BCUT2D eigenvalue weighted by Gasteiger charge is -2.48. The van der Waals surface area contributed by atoms with Crippen molar-refractivity contribution in [3.05, 3.63) is 29.6 Å². The normalized spacial score (nSPS) is 19.7. The molecule has 8 heteroatoms. The highest BCUT2D eigenvalue weighted by molar-refractivity contribution is 5.96. The largest absolute Gasteiger partial charge is 0.391 e. The Kier molecular flexibility index (Phi) is 8.79. The van der Waals surface area contributed by atoms with E-state index in [9.17, 15) is 19.1 Å². The third-order valence-electron chi connectivity index (χ3n) is 6.14. The second kappa shape index (κ2) is 10.7. The fraction of sp³-hybridized carbons (Fsp3) is 0.667. The second-order valence-corrected chi connectivity index (χ2v) is 10.1. The number of hydrogen-bond donors (Lipinski definition) is 3. The molecule has 2 amide bonds. The molecule has 1 aliphatic rings. The Morgan fingerprint density at radius 1 is 1.31 bits per heavy atom. The number of aryl methyl sites for hydroxylation is 1. The van der Waals surface area contributed by atoms with Crippen LogP contribution < -0.4 is 16.0 Å². The lowest BCUT2D eigenvalue weighted by molar-refractivity contribution is -0.125. The van der Waals surface area contributed by atoms with Crippen LogP contribution in [0.2, 0.25) is 0 Å². The Balaban J connectivity index is 2.00. The molecule has 0 aromatic heterocycles. The van der Waals surface area contributed by atoms with Crippen molar-refractivity contribution in [2.75, 3.05) is 31.1 Å². The van der Waals surface area contributed by atoms with Crippen LogP contribution in [0.15, 0.2) is 18.2 Å². The molecule has 7 nitrogen and oxygen atoms in total. The maximum Gasteiger partial charge on any atom is 0.241 e. The Morgan fingerprint density at radius 2 is 1.97 bits per heavy atom. The topological polar surface area (TPSA) is 98.9 Å². The number of halogens is 1. The number of nitrogens with zero attached hydrogens (tertiary/aromatic N) is 2. The monoisotopic (exact) mass is 450 g/mol. The van der Waals surface area contributed by atoms with Gasteiger partial charge in [0.2, 0.25) is 11.8 Å². The average molecular weight is 451 g/mol. The van der Waals surface area contributed by atoms with Gasteiger partial charge in [0.05, 0.1) is 12.6 Å². The van der Waals surface area contributed by atoms with Gasteiger partial charge in [0, 0.05) is 42.8 Å². The highest BCUT2D eigenvalue weighted by atomic mass is 19.1. The van der Waals surface area contributed by atoms with Crippen LogP contribution in [0, 0.1) is 24.6 Å². The van der Waals surface area contributed by atoms with Gasteiger partial charge in [0.1, 0.15) is 5.82 Å². The highest BCUT2D eigenvalue weighted by Crippen LogP contribution is 2.29. The van der Waals surface area contributed by atoms with E-state index in [0.29, 0.717) is 31.2 Å². The van der Waals surface area contributed by atoms with Gasteiger partial charge in [-0.15, -0.1) is 0 Å². The van der Waals surface area contributed by atoms with Crippen molar-refractivity contribution in [1.29, 1.82) is 0 Å². The summed E-state index contributed by atoms with van der Waals surface area (Å²) in [6.07, 6.45) is -0.619. The van der Waals surface area contributed by atoms with Gasteiger partial charge in [0.15, 0.2) is 0 Å². The summed E-state index contributed by atoms with van der Waals surface area (Å²) in [6.45, 7) is 13.1. The summed E-state index contributed by atoms with van der Waals surface area (Å²) in [4.78, 5) is 28.7. The van der Waals surface area contributed by atoms with E-state index in [1.165, 1.54) is 12.1 Å². The minimum atomic E-state index is -0.871. The van der Waals surface area contributed by atoms with E-state index in [0.717, 1.165) is 5.56 Å². The van der Waals surface area contributed by atoms with Crippen molar-refractivity contribution < 1.29 is 19.1 Å². The molecule has 0 aliphatic carbocycles. The van der Waals surface area contributed by atoms with Gasteiger partial charge >= 0.3 is 0 Å². The quantitative estimate of drug-likeness (QED) is 0.535. The molecule has 0 radical (unpaired) electrons. The molecule has 0 bridgehead atoms. The number of nitrogens with two attached hydrogens (primary N) is 1. The molecule has 0 saturated carbocycles. The number of nitrogens with one attached hydrogen (secondary N) is 1. The lowest BCUT2D eigenvalue weighted by Crippen LogP contribution is -2.64. The Hall–Kier alpha value is -2.03. The van der Waals surface area contributed by atoms with Crippen molar-refractivity contribution in [2.24, 2.45) is 17.6 Å². The molecule has 1 aliphatic heterocycles. The first kappa shape index (κ1) is 26.2. The zero-order valence-corrected chi connectivity index (χ0v) is 20.2. The van der Waals surface area contributed by atoms with E-state index in [1.54, 1.807) is 17.9 Å². The van der Waals surface area contributed by atoms with E-state index in [4.69, 9.17) is 5.73 Å². The molecular formula is C24H39FN4O3. The fourth-order valence-electron chi connectivity index (χ4n) is 3.94. The number of rotatable bonds is 9. The third kappa shape index (κ3) is 6.73. The molecule has 2 rings (SSSR count). The molecule has 180 valence electrons. The summed E-state index contributed by atoms with van der Waals surface area (Å²) in [5.74, 6) is -0.624. The molecule has 32 heavy (non-hydrogen) atoms. The number of amides is 2. The Morgan fingerprint density at radius 3 is 2.59 bits per heavy atom. The van der Waals surface area contributed by atoms with Gasteiger partial charge in [-0.1, -0.05) is 26.8 Å². The van der Waals surface area contributed by atoms with E-state index in [-0.39, 0.29) is 36.5 Å². The summed E-state index contributed by atoms with van der Waals surface area (Å²) in [6, 6.07) is 3.84. The third-order valence-corrected chi connectivity index (χ3v) is 6.14. The Bertz CT molecular complexity index is 814. The second-order valence-electron chi connectivity index (χ2n) is 10.1. The number of hydrogen-bond acceptors (Lipinski definition) is 5. The van der Waals surface area contributed by atoms with E-state index < -0.39 is 17.7 Å². The van der Waals surface area contributed by atoms with Crippen molar-refractivity contribution in [2.45, 2.75) is 65.6 Å². The first-order chi connectivity index (χ1) is 14.8. The van der Waals surface area contributed by atoms with Crippen LogP contribution in [0.3, 0.4) is 0 Å². The number of piperazine rings is 1. The predicted molar refractivity (Wildman–Crippen MR) is 125 cm³/mol. The summed E-state index contributed by atoms with van der Waals surface area (Å²) in [5.41, 5.74) is 7.26. The van der Waals surface area contributed by atoms with Gasteiger partial charge in [0.25, 0.3) is 0 Å². The maximum absolute atomic E-state index is 13.8. The molecule has 0 unspecified atom stereocenters. The number of aliphatic hydroxyl groups is 1. The molecule has 4 N–H and O–H groups in total. The highest BCUT2D eigenvalue weighted by Gasteiger charge is 2.40. The predicted octanol–water partition coefficient (Wildman–Crippen LogP) is 2.05. The average Bonchev–Trinajstić information content (AvgIpc) is 2.70. The van der Waals surface area contributed by atoms with Crippen LogP contribution in [0.5, 0.6) is 0 Å². The standard InChI is InChI=1S/C24H39FN4O3/c1-15(2)11-27-23(32)17(4)9-21(30)19(26)12-28-13-22(31)29(14-24(28,5)6)20-10-18(25)8-7-16(20)3/h7-8,10,15,17,19,21,30H,9,11-14,26H2,1-6H3,(H,27,32)/t17-,19+,21+/m1/s1. The molecule has 1 aromatic carbocycles. The number of carbonyl (C=O) groups excluding carboxylic acids is 2. The summed E-state index contributed by atoms with van der Waals surface area (Å²) >= 11 is 0. The van der Waals surface area contributed by atoms with Crippen LogP contribution in [-0.4, -0.2) is 65.7 Å². The lowest BCUT2D eigenvalue weighted by atomic mass is 9.93. The van der Waals surface area contributed by atoms with Crippen LogP contribution in [-0.2, 0) is 9.59 Å². The molecule has 1 fully saturated rings. The zero-order chi connectivity index (χ0) is 24.2. The van der Waals surface area contributed by atoms with Gasteiger partial charge < -0.3 is 21.1 Å². The first-order valence-corrected chi connectivity index (χ1v) is 11.3. The minimum absolute atomic E-state index is 0.0977. The van der Waals surface area contributed by atoms with Crippen molar-refractivity contribution >= 4 is 17.5 Å². The molecule has 1 heterocycles. The molecule has 3 atom stereocenters. The molecular weight excluding hydrogens is 411 g/mol. The fourth-order valence-corrected chi connectivity index (χ4v) is 3.94. The van der Waals surface area contributed by atoms with E-state index >= 15 is 0 Å². The molecule has 0 spiro atoms. The SMILES string of the molecule is Cc1ccc(F)cc1N1CC(C)(C)N(C[C@H](N)[C@@H](O)C[C@@H](C)C(=O)NCC(C)C)CC1=O. The number of anilines is 1. The van der Waals surface area contributed by atoms with Crippen molar-refractivity contribution in [3.8, 4) is 0 Å². The number of aliphatic hydroxyl groups excluding tert-OH is 1. The van der Waals surface area contributed by atoms with E-state index in [2.05, 4.69) is 5.32 Å².